The minimum Gasteiger partial charge on any atom is -0.344 e. The monoisotopic (exact) mass is 572 g/mol. The molecule has 35 heavy (non-hydrogen) atoms. The Morgan fingerprint density at radius 1 is 1.09 bits per heavy atom. The van der Waals surface area contributed by atoms with E-state index in [4.69, 9.17) is 32.7 Å². The molecule has 4 atom stereocenters. The largest absolute Gasteiger partial charge is 0.344 e. The third-order valence-electron chi connectivity index (χ3n) is 7.02. The second-order valence-corrected chi connectivity index (χ2v) is 11.2. The number of pyridine rings is 1. The van der Waals surface area contributed by atoms with E-state index in [1.807, 2.05) is 32.2 Å². The maximum Gasteiger partial charge on any atom is 0.163 e. The van der Waals surface area contributed by atoms with Gasteiger partial charge < -0.3 is 14.0 Å². The molecule has 2 aliphatic rings. The van der Waals surface area contributed by atoms with Gasteiger partial charge in [-0.3, -0.25) is 0 Å². The summed E-state index contributed by atoms with van der Waals surface area (Å²) in [4.78, 5) is 13.1. The van der Waals surface area contributed by atoms with Gasteiger partial charge in [0.05, 0.1) is 27.5 Å². The van der Waals surface area contributed by atoms with Crippen molar-refractivity contribution in [2.45, 2.75) is 50.7 Å². The zero-order valence-electron chi connectivity index (χ0n) is 19.2. The lowest BCUT2D eigenvalue weighted by atomic mass is 9.92. The van der Waals surface area contributed by atoms with Crippen LogP contribution in [0.1, 0.15) is 31.9 Å². The van der Waals surface area contributed by atoms with Gasteiger partial charge in [-0.05, 0) is 72.0 Å². The third kappa shape index (κ3) is 3.98. The molecule has 1 saturated carbocycles. The Bertz CT molecular complexity index is 1490. The maximum absolute atomic E-state index is 6.42. The molecule has 180 valence electrons. The number of aryl methyl sites for hydroxylation is 1. The molecule has 2 fully saturated rings. The van der Waals surface area contributed by atoms with Crippen LogP contribution in [-0.4, -0.2) is 37.5 Å². The molecule has 0 amide bonds. The molecule has 1 aliphatic carbocycles. The highest BCUT2D eigenvalue weighted by Crippen LogP contribution is 2.51. The molecule has 0 spiro atoms. The van der Waals surface area contributed by atoms with Crippen molar-refractivity contribution < 1.29 is 9.47 Å². The Morgan fingerprint density at radius 3 is 2.71 bits per heavy atom. The first-order valence-electron chi connectivity index (χ1n) is 11.5. The molecule has 1 aromatic carbocycles. The summed E-state index contributed by atoms with van der Waals surface area (Å²) >= 11 is 16.0. The molecule has 1 saturated heterocycles. The van der Waals surface area contributed by atoms with Crippen molar-refractivity contribution in [2.24, 2.45) is 5.92 Å². The van der Waals surface area contributed by atoms with Crippen LogP contribution in [-0.2, 0) is 15.9 Å². The lowest BCUT2D eigenvalue weighted by molar-refractivity contribution is -0.156. The molecule has 0 N–H and O–H groups in total. The number of halogens is 3. The van der Waals surface area contributed by atoms with Crippen molar-refractivity contribution >= 4 is 61.1 Å². The van der Waals surface area contributed by atoms with Gasteiger partial charge in [0.25, 0.3) is 0 Å². The molecule has 3 aromatic heterocycles. The highest BCUT2D eigenvalue weighted by Gasteiger charge is 2.56. The van der Waals surface area contributed by atoms with E-state index < -0.39 is 5.79 Å². The van der Waals surface area contributed by atoms with E-state index in [0.29, 0.717) is 10.3 Å². The average Bonchev–Trinajstić information content (AvgIpc) is 3.43. The topological polar surface area (TPSA) is 62.1 Å². The first-order chi connectivity index (χ1) is 16.7. The summed E-state index contributed by atoms with van der Waals surface area (Å²) in [5.74, 6) is -0.544. The van der Waals surface area contributed by atoms with Crippen LogP contribution in [0.2, 0.25) is 10.3 Å². The highest BCUT2D eigenvalue weighted by molar-refractivity contribution is 9.10. The normalized spacial score (nSPS) is 25.6. The maximum atomic E-state index is 6.42. The van der Waals surface area contributed by atoms with Crippen molar-refractivity contribution in [1.29, 1.82) is 0 Å². The van der Waals surface area contributed by atoms with E-state index in [1.165, 1.54) is 11.9 Å². The lowest BCUT2D eigenvalue weighted by Crippen LogP contribution is -2.27. The predicted octanol–water partition coefficient (Wildman–Crippen LogP) is 6.93. The van der Waals surface area contributed by atoms with E-state index in [0.717, 1.165) is 44.8 Å². The Hall–Kier alpha value is -2.03. The quantitative estimate of drug-likeness (QED) is 0.150. The van der Waals surface area contributed by atoms with Gasteiger partial charge >= 0.3 is 0 Å². The third-order valence-corrected chi connectivity index (χ3v) is 8.45. The van der Waals surface area contributed by atoms with E-state index >= 15 is 0 Å². The molecular formula is C26H23BrCl2N4O2. The molecular weight excluding hydrogens is 551 g/mol. The fourth-order valence-electron chi connectivity index (χ4n) is 5.51. The standard InChI is InChI=1S/C26H23BrCl2N4O2/c1-13-16(7-5-14-4-6-15-11-18(27)24(29)32-19(15)10-14)21-22(35-26(2,3)34-21)20(13)33-9-8-17-23(28)30-12-31-25(17)33/h4,6,8-12,16,20-22H,1,5,7H2,2-3H3/t16-,20+,21+,22?/m0/s1. The first-order valence-corrected chi connectivity index (χ1v) is 13.0. The molecule has 9 heteroatoms. The zero-order chi connectivity index (χ0) is 24.5. The second kappa shape index (κ2) is 8.53. The van der Waals surface area contributed by atoms with Gasteiger partial charge in [0.1, 0.15) is 28.4 Å². The molecule has 1 aliphatic heterocycles. The van der Waals surface area contributed by atoms with Crippen LogP contribution in [0.3, 0.4) is 0 Å². The minimum atomic E-state index is -0.668. The van der Waals surface area contributed by atoms with Crippen LogP contribution < -0.4 is 0 Å². The molecule has 1 unspecified atom stereocenters. The molecule has 6 nitrogen and oxygen atoms in total. The predicted molar refractivity (Wildman–Crippen MR) is 141 cm³/mol. The number of fused-ring (bicyclic) bond motifs is 3. The summed E-state index contributed by atoms with van der Waals surface area (Å²) in [7, 11) is 0. The molecule has 4 aromatic rings. The Morgan fingerprint density at radius 2 is 1.89 bits per heavy atom. The van der Waals surface area contributed by atoms with Crippen molar-refractivity contribution in [1.82, 2.24) is 19.5 Å². The Balaban J connectivity index is 1.31. The summed E-state index contributed by atoms with van der Waals surface area (Å²) in [6.07, 6.45) is 4.95. The van der Waals surface area contributed by atoms with Crippen LogP contribution >= 0.6 is 39.1 Å². The van der Waals surface area contributed by atoms with Gasteiger partial charge in [-0.2, -0.15) is 0 Å². The molecule has 4 heterocycles. The highest BCUT2D eigenvalue weighted by atomic mass is 79.9. The number of rotatable bonds is 4. The fourth-order valence-corrected chi connectivity index (χ4v) is 6.18. The Kier molecular flexibility index (Phi) is 5.69. The summed E-state index contributed by atoms with van der Waals surface area (Å²) in [5.41, 5.74) is 3.93. The van der Waals surface area contributed by atoms with Crippen LogP contribution in [0.15, 0.2) is 59.5 Å². The van der Waals surface area contributed by atoms with Crippen LogP contribution in [0.4, 0.5) is 0 Å². The fraction of sp³-hybridized carbons (Fsp3) is 0.346. The number of aromatic nitrogens is 4. The van der Waals surface area contributed by atoms with Gasteiger partial charge in [-0.15, -0.1) is 0 Å². The van der Waals surface area contributed by atoms with Crippen LogP contribution in [0.5, 0.6) is 0 Å². The molecule has 0 radical (unpaired) electrons. The summed E-state index contributed by atoms with van der Waals surface area (Å²) in [5, 5.41) is 2.76. The average molecular weight is 574 g/mol. The van der Waals surface area contributed by atoms with Crippen molar-refractivity contribution in [3.8, 4) is 0 Å². The number of hydrogen-bond acceptors (Lipinski definition) is 5. The van der Waals surface area contributed by atoms with Gasteiger partial charge in [-0.25, -0.2) is 15.0 Å². The minimum absolute atomic E-state index is 0.0961. The zero-order valence-corrected chi connectivity index (χ0v) is 22.3. The van der Waals surface area contributed by atoms with E-state index in [2.05, 4.69) is 60.2 Å². The molecule has 6 rings (SSSR count). The van der Waals surface area contributed by atoms with Gasteiger partial charge in [0, 0.05) is 17.5 Å². The van der Waals surface area contributed by atoms with Crippen molar-refractivity contribution in [3.05, 3.63) is 75.4 Å². The summed E-state index contributed by atoms with van der Waals surface area (Å²) < 4.78 is 15.7. The van der Waals surface area contributed by atoms with Crippen molar-refractivity contribution in [3.63, 3.8) is 0 Å². The number of benzene rings is 1. The van der Waals surface area contributed by atoms with E-state index in [9.17, 15) is 0 Å². The van der Waals surface area contributed by atoms with E-state index in [-0.39, 0.29) is 24.2 Å². The molecule has 0 bridgehead atoms. The first kappa shape index (κ1) is 23.4. The van der Waals surface area contributed by atoms with Gasteiger partial charge in [-0.1, -0.05) is 41.9 Å². The lowest BCUT2D eigenvalue weighted by Gasteiger charge is -2.26. The number of nitrogens with zero attached hydrogens (tertiary/aromatic N) is 4. The SMILES string of the molecule is C=C1[C@@H](n2ccc3c(Cl)ncnc32)C2OC(C)(C)O[C@@H]2[C@H]1CCc1ccc2cc(Br)c(Cl)nc2c1. The Labute approximate surface area is 221 Å². The smallest absolute Gasteiger partial charge is 0.163 e. The summed E-state index contributed by atoms with van der Waals surface area (Å²) in [6, 6.07) is 10.2. The van der Waals surface area contributed by atoms with Crippen molar-refractivity contribution in [2.75, 3.05) is 0 Å². The van der Waals surface area contributed by atoms with Gasteiger partial charge in [0.15, 0.2) is 5.79 Å². The second-order valence-electron chi connectivity index (χ2n) is 9.64. The number of ether oxygens (including phenoxy) is 2. The van der Waals surface area contributed by atoms with Crippen LogP contribution in [0.25, 0.3) is 21.9 Å². The van der Waals surface area contributed by atoms with Crippen LogP contribution in [0, 0.1) is 5.92 Å². The summed E-state index contributed by atoms with van der Waals surface area (Å²) in [6.45, 7) is 8.45. The van der Waals surface area contributed by atoms with E-state index in [1.54, 1.807) is 0 Å². The number of hydrogen-bond donors (Lipinski definition) is 0. The van der Waals surface area contributed by atoms with Gasteiger partial charge in [0.2, 0.25) is 0 Å².